The molecule has 0 fully saturated rings. The van der Waals surface area contributed by atoms with E-state index >= 15 is 0 Å². The second-order valence-electron chi connectivity index (χ2n) is 8.07. The number of aryl methyl sites for hydroxylation is 1. The Morgan fingerprint density at radius 1 is 1.18 bits per heavy atom. The molecule has 0 atom stereocenters. The van der Waals surface area contributed by atoms with Crippen LogP contribution >= 0.6 is 11.6 Å². The molecular weight excluding hydrogens is 460 g/mol. The van der Waals surface area contributed by atoms with Crippen LogP contribution in [0, 0.1) is 0 Å². The zero-order valence-electron chi connectivity index (χ0n) is 19.4. The van der Waals surface area contributed by atoms with E-state index in [2.05, 4.69) is 10.4 Å². The van der Waals surface area contributed by atoms with Crippen molar-refractivity contribution in [3.8, 4) is 22.8 Å². The highest BCUT2D eigenvalue weighted by molar-refractivity contribution is 6.33. The highest BCUT2D eigenvalue weighted by Gasteiger charge is 2.23. The second-order valence-corrected chi connectivity index (χ2v) is 8.48. The SMILES string of the molecule is COc1cccc(C(=O)Nc2ccc(OCCOC(=O)C(C)(C)N)c(-c3c(Cl)cnn3C)c2)c1. The Morgan fingerprint density at radius 3 is 2.59 bits per heavy atom. The number of carbonyl (C=O) groups excluding carboxylic acids is 2. The van der Waals surface area contributed by atoms with E-state index in [4.69, 9.17) is 31.5 Å². The minimum absolute atomic E-state index is 0.0202. The number of methoxy groups -OCH3 is 1. The molecule has 9 nitrogen and oxygen atoms in total. The van der Waals surface area contributed by atoms with Crippen LogP contribution in [-0.4, -0.2) is 47.5 Å². The van der Waals surface area contributed by atoms with Crippen molar-refractivity contribution < 1.29 is 23.8 Å². The molecule has 0 saturated heterocycles. The molecule has 10 heteroatoms. The number of nitrogens with zero attached hydrogens (tertiary/aromatic N) is 2. The smallest absolute Gasteiger partial charge is 0.325 e. The number of esters is 1. The van der Waals surface area contributed by atoms with Gasteiger partial charge in [0.05, 0.1) is 24.0 Å². The third kappa shape index (κ3) is 6.06. The first-order valence-corrected chi connectivity index (χ1v) is 10.8. The van der Waals surface area contributed by atoms with Gasteiger partial charge in [-0.1, -0.05) is 17.7 Å². The van der Waals surface area contributed by atoms with Gasteiger partial charge >= 0.3 is 5.97 Å². The quantitative estimate of drug-likeness (QED) is 0.350. The number of benzene rings is 2. The van der Waals surface area contributed by atoms with Gasteiger partial charge in [0.1, 0.15) is 30.3 Å². The number of nitrogens with one attached hydrogen (secondary N) is 1. The minimum atomic E-state index is -1.09. The highest BCUT2D eigenvalue weighted by Crippen LogP contribution is 2.36. The van der Waals surface area contributed by atoms with Crippen LogP contribution < -0.4 is 20.5 Å². The Kier molecular flexibility index (Phi) is 7.80. The third-order valence-corrected chi connectivity index (χ3v) is 5.10. The van der Waals surface area contributed by atoms with Gasteiger partial charge in [0.15, 0.2) is 0 Å². The summed E-state index contributed by atoms with van der Waals surface area (Å²) in [6, 6.07) is 12.0. The van der Waals surface area contributed by atoms with E-state index in [-0.39, 0.29) is 19.1 Å². The second kappa shape index (κ2) is 10.6. The highest BCUT2D eigenvalue weighted by atomic mass is 35.5. The predicted molar refractivity (Wildman–Crippen MR) is 129 cm³/mol. The predicted octanol–water partition coefficient (Wildman–Crippen LogP) is 3.66. The number of hydrogen-bond donors (Lipinski definition) is 2. The van der Waals surface area contributed by atoms with Crippen LogP contribution in [0.1, 0.15) is 24.2 Å². The molecule has 0 bridgehead atoms. The lowest BCUT2D eigenvalue weighted by atomic mass is 10.1. The molecule has 0 aliphatic heterocycles. The van der Waals surface area contributed by atoms with Crippen LogP contribution in [0.3, 0.4) is 0 Å². The maximum atomic E-state index is 12.8. The maximum absolute atomic E-state index is 12.8. The number of aromatic nitrogens is 2. The Morgan fingerprint density at radius 2 is 1.94 bits per heavy atom. The van der Waals surface area contributed by atoms with Gasteiger partial charge in [0.2, 0.25) is 0 Å². The van der Waals surface area contributed by atoms with Gasteiger partial charge in [0, 0.05) is 23.9 Å². The van der Waals surface area contributed by atoms with E-state index in [1.54, 1.807) is 68.0 Å². The summed E-state index contributed by atoms with van der Waals surface area (Å²) in [5, 5.41) is 7.47. The Balaban J connectivity index is 1.82. The molecule has 3 N–H and O–H groups in total. The van der Waals surface area contributed by atoms with E-state index in [1.165, 1.54) is 13.3 Å². The Labute approximate surface area is 202 Å². The van der Waals surface area contributed by atoms with Gasteiger partial charge in [-0.15, -0.1) is 0 Å². The van der Waals surface area contributed by atoms with Crippen LogP contribution in [0.25, 0.3) is 11.3 Å². The standard InChI is InChI=1S/C24H27ClN4O5/c1-24(2,26)23(31)34-11-10-33-20-9-8-16(13-18(20)21-19(25)14-27-29(21)3)28-22(30)15-6-5-7-17(12-15)32-4/h5-9,12-14H,10-11,26H2,1-4H3,(H,28,30). The first kappa shape index (κ1) is 25.1. The number of halogens is 1. The first-order valence-electron chi connectivity index (χ1n) is 10.5. The van der Waals surface area contributed by atoms with Crippen molar-refractivity contribution in [2.24, 2.45) is 12.8 Å². The van der Waals surface area contributed by atoms with Crippen molar-refractivity contribution >= 4 is 29.2 Å². The molecule has 1 heterocycles. The molecule has 3 aromatic rings. The van der Waals surface area contributed by atoms with E-state index in [0.29, 0.717) is 39.0 Å². The number of nitrogens with two attached hydrogens (primary N) is 1. The lowest BCUT2D eigenvalue weighted by molar-refractivity contribution is -0.149. The van der Waals surface area contributed by atoms with Gasteiger partial charge in [0.25, 0.3) is 5.91 Å². The molecule has 0 radical (unpaired) electrons. The largest absolute Gasteiger partial charge is 0.497 e. The molecule has 0 aliphatic carbocycles. The molecule has 0 spiro atoms. The van der Waals surface area contributed by atoms with Crippen LogP contribution in [-0.2, 0) is 16.6 Å². The molecule has 180 valence electrons. The molecule has 0 unspecified atom stereocenters. The van der Waals surface area contributed by atoms with Gasteiger partial charge in [-0.2, -0.15) is 5.10 Å². The lowest BCUT2D eigenvalue weighted by Gasteiger charge is -2.18. The molecule has 0 saturated carbocycles. The average molecular weight is 487 g/mol. The molecule has 2 aromatic carbocycles. The van der Waals surface area contributed by atoms with E-state index in [9.17, 15) is 9.59 Å². The summed E-state index contributed by atoms with van der Waals surface area (Å²) in [6.07, 6.45) is 1.52. The number of amides is 1. The molecule has 34 heavy (non-hydrogen) atoms. The van der Waals surface area contributed by atoms with Gasteiger partial charge in [-0.05, 0) is 50.2 Å². The van der Waals surface area contributed by atoms with E-state index in [0.717, 1.165) is 0 Å². The average Bonchev–Trinajstić information content (AvgIpc) is 3.14. The summed E-state index contributed by atoms with van der Waals surface area (Å²) in [6.45, 7) is 3.25. The zero-order chi connectivity index (χ0) is 24.9. The van der Waals surface area contributed by atoms with E-state index in [1.807, 2.05) is 0 Å². The van der Waals surface area contributed by atoms with Crippen molar-refractivity contribution in [2.45, 2.75) is 19.4 Å². The lowest BCUT2D eigenvalue weighted by Crippen LogP contribution is -2.43. The van der Waals surface area contributed by atoms with Crippen molar-refractivity contribution in [1.29, 1.82) is 0 Å². The fraction of sp³-hybridized carbons (Fsp3) is 0.292. The summed E-state index contributed by atoms with van der Waals surface area (Å²) in [7, 11) is 3.29. The summed E-state index contributed by atoms with van der Waals surface area (Å²) in [4.78, 5) is 24.6. The normalized spacial score (nSPS) is 11.1. The van der Waals surface area contributed by atoms with Crippen molar-refractivity contribution in [2.75, 3.05) is 25.6 Å². The van der Waals surface area contributed by atoms with E-state index < -0.39 is 11.5 Å². The molecule has 0 aliphatic rings. The fourth-order valence-corrected chi connectivity index (χ4v) is 3.34. The third-order valence-electron chi connectivity index (χ3n) is 4.82. The summed E-state index contributed by atoms with van der Waals surface area (Å²) in [5.74, 6) is 0.234. The van der Waals surface area contributed by atoms with Crippen molar-refractivity contribution in [3.05, 3.63) is 59.2 Å². The number of rotatable bonds is 9. The number of ether oxygens (including phenoxy) is 3. The topological polar surface area (TPSA) is 118 Å². The van der Waals surface area contributed by atoms with Crippen molar-refractivity contribution in [1.82, 2.24) is 9.78 Å². The summed E-state index contributed by atoms with van der Waals surface area (Å²) < 4.78 is 17.8. The first-order chi connectivity index (χ1) is 16.1. The number of hydrogen-bond acceptors (Lipinski definition) is 7. The Hall–Kier alpha value is -3.56. The summed E-state index contributed by atoms with van der Waals surface area (Å²) in [5.41, 5.74) is 6.84. The molecule has 1 aromatic heterocycles. The zero-order valence-corrected chi connectivity index (χ0v) is 20.2. The molecule has 1 amide bonds. The maximum Gasteiger partial charge on any atom is 0.325 e. The number of anilines is 1. The Bertz CT molecular complexity index is 1170. The van der Waals surface area contributed by atoms with Crippen LogP contribution in [0.5, 0.6) is 11.5 Å². The summed E-state index contributed by atoms with van der Waals surface area (Å²) >= 11 is 6.37. The van der Waals surface area contributed by atoms with Crippen LogP contribution in [0.15, 0.2) is 48.7 Å². The molecular formula is C24H27ClN4O5. The monoisotopic (exact) mass is 486 g/mol. The van der Waals surface area contributed by atoms with Crippen molar-refractivity contribution in [3.63, 3.8) is 0 Å². The fourth-order valence-electron chi connectivity index (χ4n) is 3.07. The van der Waals surface area contributed by atoms with Gasteiger partial charge < -0.3 is 25.3 Å². The number of carbonyl (C=O) groups is 2. The van der Waals surface area contributed by atoms with Gasteiger partial charge in [-0.3, -0.25) is 14.3 Å². The van der Waals surface area contributed by atoms with Gasteiger partial charge in [-0.25, -0.2) is 0 Å². The van der Waals surface area contributed by atoms with Crippen LogP contribution in [0.4, 0.5) is 5.69 Å². The molecule has 3 rings (SSSR count). The minimum Gasteiger partial charge on any atom is -0.497 e. The van der Waals surface area contributed by atoms with Crippen LogP contribution in [0.2, 0.25) is 5.02 Å².